The maximum atomic E-state index is 12.6. The molecule has 2 heterocycles. The zero-order valence-corrected chi connectivity index (χ0v) is 11.3. The molecule has 1 atom stereocenters. The van der Waals surface area contributed by atoms with Gasteiger partial charge in [-0.05, 0) is 6.42 Å². The Morgan fingerprint density at radius 3 is 2.75 bits per heavy atom. The molecular weight excluding hydrogens is 297 g/mol. The molecule has 0 radical (unpaired) electrons. The standard InChI is InChI=1S/C11H12ClF3N4O/c1-19-5-6(2-3-9(19)20)16-8-4-7(12)17-10(18-8)11(13,14)15/h4,6H,2-3,5H2,1H3,(H,16,17,18). The molecular formula is C11H12ClF3N4O. The number of aromatic nitrogens is 2. The molecule has 9 heteroatoms. The van der Waals surface area contributed by atoms with E-state index in [2.05, 4.69) is 15.3 Å². The molecule has 1 aliphatic heterocycles. The van der Waals surface area contributed by atoms with Crippen molar-refractivity contribution in [3.8, 4) is 0 Å². The molecule has 1 amide bonds. The van der Waals surface area contributed by atoms with E-state index in [-0.39, 0.29) is 22.9 Å². The highest BCUT2D eigenvalue weighted by Crippen LogP contribution is 2.28. The number of hydrogen-bond donors (Lipinski definition) is 1. The minimum absolute atomic E-state index is 0.00470. The van der Waals surface area contributed by atoms with Crippen molar-refractivity contribution in [1.82, 2.24) is 14.9 Å². The summed E-state index contributed by atoms with van der Waals surface area (Å²) in [6.07, 6.45) is -3.77. The summed E-state index contributed by atoms with van der Waals surface area (Å²) in [4.78, 5) is 19.4. The summed E-state index contributed by atoms with van der Waals surface area (Å²) < 4.78 is 37.7. The molecule has 0 spiro atoms. The van der Waals surface area contributed by atoms with Gasteiger partial charge in [-0.2, -0.15) is 13.2 Å². The van der Waals surface area contributed by atoms with Crippen molar-refractivity contribution in [2.75, 3.05) is 18.9 Å². The number of amides is 1. The predicted octanol–water partition coefficient (Wildman–Crippen LogP) is 2.18. The van der Waals surface area contributed by atoms with E-state index in [4.69, 9.17) is 11.6 Å². The predicted molar refractivity (Wildman–Crippen MR) is 66.3 cm³/mol. The molecule has 1 unspecified atom stereocenters. The number of carbonyl (C=O) groups is 1. The number of likely N-dealkylation sites (N-methyl/N-ethyl adjacent to an activating group) is 1. The van der Waals surface area contributed by atoms with Crippen LogP contribution in [0, 0.1) is 0 Å². The number of anilines is 1. The van der Waals surface area contributed by atoms with Crippen molar-refractivity contribution >= 4 is 23.3 Å². The second-order valence-electron chi connectivity index (χ2n) is 4.55. The van der Waals surface area contributed by atoms with Gasteiger partial charge in [0.15, 0.2) is 0 Å². The number of halogens is 4. The lowest BCUT2D eigenvalue weighted by Gasteiger charge is -2.30. The number of rotatable bonds is 2. The lowest BCUT2D eigenvalue weighted by Crippen LogP contribution is -2.43. The highest BCUT2D eigenvalue weighted by Gasteiger charge is 2.35. The molecule has 1 aliphatic rings. The largest absolute Gasteiger partial charge is 0.451 e. The smallest absolute Gasteiger partial charge is 0.365 e. The van der Waals surface area contributed by atoms with Crippen LogP contribution >= 0.6 is 11.6 Å². The van der Waals surface area contributed by atoms with Crippen molar-refractivity contribution in [1.29, 1.82) is 0 Å². The maximum absolute atomic E-state index is 12.6. The fraction of sp³-hybridized carbons (Fsp3) is 0.545. The number of likely N-dealkylation sites (tertiary alicyclic amines) is 1. The zero-order chi connectivity index (χ0) is 14.9. The molecule has 2 rings (SSSR count). The van der Waals surface area contributed by atoms with Crippen LogP contribution in [0.4, 0.5) is 19.0 Å². The average molecular weight is 309 g/mol. The van der Waals surface area contributed by atoms with Crippen molar-refractivity contribution < 1.29 is 18.0 Å². The Labute approximate surface area is 118 Å². The van der Waals surface area contributed by atoms with Crippen LogP contribution in [0.3, 0.4) is 0 Å². The van der Waals surface area contributed by atoms with E-state index in [1.165, 1.54) is 11.0 Å². The lowest BCUT2D eigenvalue weighted by atomic mass is 10.1. The molecule has 0 bridgehead atoms. The van der Waals surface area contributed by atoms with Crippen molar-refractivity contribution in [2.24, 2.45) is 0 Å². The molecule has 0 aliphatic carbocycles. The molecule has 1 aromatic rings. The van der Waals surface area contributed by atoms with Gasteiger partial charge in [-0.25, -0.2) is 9.97 Å². The van der Waals surface area contributed by atoms with Gasteiger partial charge in [0.05, 0.1) is 0 Å². The Bertz CT molecular complexity index is 523. The third kappa shape index (κ3) is 3.50. The van der Waals surface area contributed by atoms with Crippen LogP contribution in [0.15, 0.2) is 6.07 Å². The van der Waals surface area contributed by atoms with Crippen LogP contribution in [0.25, 0.3) is 0 Å². The molecule has 1 fully saturated rings. The topological polar surface area (TPSA) is 58.1 Å². The SMILES string of the molecule is CN1CC(Nc2cc(Cl)nc(C(F)(F)F)n2)CCC1=O. The van der Waals surface area contributed by atoms with Gasteiger partial charge in [0.2, 0.25) is 11.7 Å². The summed E-state index contributed by atoms with van der Waals surface area (Å²) in [7, 11) is 1.64. The van der Waals surface area contributed by atoms with Gasteiger partial charge < -0.3 is 10.2 Å². The third-order valence-electron chi connectivity index (χ3n) is 2.93. The summed E-state index contributed by atoms with van der Waals surface area (Å²) in [6.45, 7) is 0.405. The van der Waals surface area contributed by atoms with E-state index in [0.717, 1.165) is 0 Å². The minimum Gasteiger partial charge on any atom is -0.365 e. The molecule has 1 aromatic heterocycles. The number of piperidine rings is 1. The van der Waals surface area contributed by atoms with Gasteiger partial charge in [0.1, 0.15) is 11.0 Å². The van der Waals surface area contributed by atoms with Gasteiger partial charge in [-0.1, -0.05) is 11.6 Å². The second-order valence-corrected chi connectivity index (χ2v) is 4.94. The average Bonchev–Trinajstić information content (AvgIpc) is 2.32. The van der Waals surface area contributed by atoms with Crippen LogP contribution in [-0.2, 0) is 11.0 Å². The van der Waals surface area contributed by atoms with Crippen LogP contribution in [0.5, 0.6) is 0 Å². The second kappa shape index (κ2) is 5.43. The third-order valence-corrected chi connectivity index (χ3v) is 3.12. The van der Waals surface area contributed by atoms with Gasteiger partial charge in [0, 0.05) is 32.1 Å². The molecule has 110 valence electrons. The molecule has 20 heavy (non-hydrogen) atoms. The van der Waals surface area contributed by atoms with E-state index >= 15 is 0 Å². The van der Waals surface area contributed by atoms with Gasteiger partial charge in [0.25, 0.3) is 0 Å². The van der Waals surface area contributed by atoms with Crippen molar-refractivity contribution in [3.05, 3.63) is 17.0 Å². The van der Waals surface area contributed by atoms with E-state index < -0.39 is 12.0 Å². The van der Waals surface area contributed by atoms with Crippen LogP contribution in [0.1, 0.15) is 18.7 Å². The minimum atomic E-state index is -4.65. The van der Waals surface area contributed by atoms with E-state index in [0.29, 0.717) is 19.4 Å². The summed E-state index contributed by atoms with van der Waals surface area (Å²) in [6, 6.07) is 1.07. The van der Waals surface area contributed by atoms with Crippen LogP contribution in [0.2, 0.25) is 5.15 Å². The van der Waals surface area contributed by atoms with E-state index in [1.807, 2.05) is 0 Å². The highest BCUT2D eigenvalue weighted by molar-refractivity contribution is 6.29. The molecule has 5 nitrogen and oxygen atoms in total. The first kappa shape index (κ1) is 14.8. The first-order valence-electron chi connectivity index (χ1n) is 5.88. The maximum Gasteiger partial charge on any atom is 0.451 e. The van der Waals surface area contributed by atoms with Crippen molar-refractivity contribution in [3.63, 3.8) is 0 Å². The molecule has 1 N–H and O–H groups in total. The fourth-order valence-corrected chi connectivity index (χ4v) is 2.14. The summed E-state index contributed by atoms with van der Waals surface area (Å²) in [5.74, 6) is -1.27. The number of nitrogens with one attached hydrogen (secondary N) is 1. The first-order valence-corrected chi connectivity index (χ1v) is 6.26. The first-order chi connectivity index (χ1) is 9.25. The van der Waals surface area contributed by atoms with E-state index in [9.17, 15) is 18.0 Å². The fourth-order valence-electron chi connectivity index (χ4n) is 1.96. The number of hydrogen-bond acceptors (Lipinski definition) is 4. The lowest BCUT2D eigenvalue weighted by molar-refractivity contribution is -0.144. The van der Waals surface area contributed by atoms with Gasteiger partial charge in [-0.15, -0.1) is 0 Å². The number of alkyl halides is 3. The Kier molecular flexibility index (Phi) is 4.03. The van der Waals surface area contributed by atoms with Crippen molar-refractivity contribution in [2.45, 2.75) is 25.1 Å². The van der Waals surface area contributed by atoms with Crippen LogP contribution < -0.4 is 5.32 Å². The quantitative estimate of drug-likeness (QED) is 0.851. The highest BCUT2D eigenvalue weighted by atomic mass is 35.5. The molecule has 0 saturated carbocycles. The number of carbonyl (C=O) groups excluding carboxylic acids is 1. The Balaban J connectivity index is 2.14. The molecule has 1 saturated heterocycles. The van der Waals surface area contributed by atoms with Crippen LogP contribution in [-0.4, -0.2) is 40.4 Å². The Hall–Kier alpha value is -1.57. The summed E-state index contributed by atoms with van der Waals surface area (Å²) >= 11 is 5.57. The van der Waals surface area contributed by atoms with Gasteiger partial charge in [-0.3, -0.25) is 4.79 Å². The summed E-state index contributed by atoms with van der Waals surface area (Å²) in [5, 5.41) is 2.57. The zero-order valence-electron chi connectivity index (χ0n) is 10.5. The Morgan fingerprint density at radius 1 is 1.45 bits per heavy atom. The Morgan fingerprint density at radius 2 is 2.15 bits per heavy atom. The van der Waals surface area contributed by atoms with Gasteiger partial charge >= 0.3 is 6.18 Å². The number of nitrogens with zero attached hydrogens (tertiary/aromatic N) is 3. The summed E-state index contributed by atoms with van der Waals surface area (Å²) in [5.41, 5.74) is 0. The monoisotopic (exact) mass is 308 g/mol. The normalized spacial score (nSPS) is 20.1. The van der Waals surface area contributed by atoms with E-state index in [1.54, 1.807) is 7.05 Å². The molecule has 0 aromatic carbocycles.